The van der Waals surface area contributed by atoms with Gasteiger partial charge in [-0.05, 0) is 49.3 Å². The fourth-order valence-electron chi connectivity index (χ4n) is 5.28. The van der Waals surface area contributed by atoms with Crippen molar-refractivity contribution in [2.24, 2.45) is 5.41 Å². The minimum absolute atomic E-state index is 0.0454. The number of halogens is 1. The third-order valence-electron chi connectivity index (χ3n) is 6.67. The Morgan fingerprint density at radius 3 is 2.86 bits per heavy atom. The number of nitrogens with two attached hydrogens (primary N) is 1. The maximum Gasteiger partial charge on any atom is 0.408 e. The van der Waals surface area contributed by atoms with Crippen LogP contribution in [0.2, 0.25) is 0 Å². The molecule has 4 N–H and O–H groups in total. The summed E-state index contributed by atoms with van der Waals surface area (Å²) in [6.45, 7) is 6.46. The second-order valence-electron chi connectivity index (χ2n) is 9.16. The Kier molecular flexibility index (Phi) is 4.49. The fraction of sp³-hybridized carbons (Fsp3) is 0.524. The Bertz CT molecular complexity index is 937. The fourth-order valence-corrected chi connectivity index (χ4v) is 5.65. The van der Waals surface area contributed by atoms with Crippen molar-refractivity contribution in [3.63, 3.8) is 0 Å². The lowest BCUT2D eigenvalue weighted by atomic mass is 9.67. The standard InChI is InChI=1S/C21H27BrN4O2/c1-20(2,3)21-7-6-14(26(21)19(27)28)9-13(10-21)25-18-15-8-12(22)4-5-17(15)24-11-16(18)23/h4-5,8,11,13-14H,6-7,9-10,23H2,1-3H3,(H,24,25)(H,27,28). The summed E-state index contributed by atoms with van der Waals surface area (Å²) in [7, 11) is 0. The van der Waals surface area contributed by atoms with E-state index in [4.69, 9.17) is 5.73 Å². The molecule has 2 aliphatic rings. The van der Waals surface area contributed by atoms with Crippen LogP contribution in [0.5, 0.6) is 0 Å². The molecule has 1 aromatic carbocycles. The number of rotatable bonds is 2. The Morgan fingerprint density at radius 2 is 2.18 bits per heavy atom. The molecule has 2 bridgehead atoms. The number of anilines is 2. The van der Waals surface area contributed by atoms with Crippen molar-refractivity contribution in [3.05, 3.63) is 28.9 Å². The van der Waals surface area contributed by atoms with Gasteiger partial charge in [0.2, 0.25) is 0 Å². The molecule has 3 atom stereocenters. The molecule has 0 aliphatic carbocycles. The highest BCUT2D eigenvalue weighted by Gasteiger charge is 2.59. The third kappa shape index (κ3) is 2.91. The SMILES string of the molecule is CC(C)(C)C12CCC(CC(Nc3c(N)cnc4ccc(Br)cc34)C1)N2C(=O)O. The number of nitrogens with one attached hydrogen (secondary N) is 1. The molecule has 7 heteroatoms. The van der Waals surface area contributed by atoms with Gasteiger partial charge in [0.1, 0.15) is 0 Å². The van der Waals surface area contributed by atoms with E-state index in [0.29, 0.717) is 5.69 Å². The first-order chi connectivity index (χ1) is 13.1. The number of amides is 1. The maximum atomic E-state index is 12.1. The predicted octanol–water partition coefficient (Wildman–Crippen LogP) is 5.08. The number of carbonyl (C=O) groups is 1. The van der Waals surface area contributed by atoms with Crippen molar-refractivity contribution in [3.8, 4) is 0 Å². The molecule has 2 aromatic rings. The van der Waals surface area contributed by atoms with Crippen LogP contribution >= 0.6 is 15.9 Å². The molecule has 6 nitrogen and oxygen atoms in total. The van der Waals surface area contributed by atoms with Crippen molar-refractivity contribution in [2.75, 3.05) is 11.1 Å². The zero-order valence-electron chi connectivity index (χ0n) is 16.5. The number of piperidine rings is 1. The van der Waals surface area contributed by atoms with Crippen molar-refractivity contribution < 1.29 is 9.90 Å². The molecule has 1 amide bonds. The van der Waals surface area contributed by atoms with Crippen LogP contribution in [0.15, 0.2) is 28.9 Å². The molecule has 2 aliphatic heterocycles. The average Bonchev–Trinajstić information content (AvgIpc) is 2.86. The summed E-state index contributed by atoms with van der Waals surface area (Å²) in [5, 5.41) is 14.6. The van der Waals surface area contributed by atoms with Gasteiger partial charge in [-0.3, -0.25) is 9.88 Å². The molecule has 2 saturated heterocycles. The van der Waals surface area contributed by atoms with Crippen LogP contribution in [0.3, 0.4) is 0 Å². The van der Waals surface area contributed by atoms with Crippen LogP contribution in [0.4, 0.5) is 16.2 Å². The summed E-state index contributed by atoms with van der Waals surface area (Å²) in [6.07, 6.45) is 4.29. The van der Waals surface area contributed by atoms with E-state index >= 15 is 0 Å². The summed E-state index contributed by atoms with van der Waals surface area (Å²) in [6, 6.07) is 6.17. The molecular weight excluding hydrogens is 420 g/mol. The first kappa shape index (κ1) is 19.3. The van der Waals surface area contributed by atoms with Crippen LogP contribution in [0.25, 0.3) is 10.9 Å². The van der Waals surface area contributed by atoms with E-state index in [9.17, 15) is 9.90 Å². The molecular formula is C21H27BrN4O2. The number of pyridine rings is 1. The lowest BCUT2D eigenvalue weighted by Gasteiger charge is -2.53. The molecule has 0 saturated carbocycles. The van der Waals surface area contributed by atoms with Gasteiger partial charge < -0.3 is 16.2 Å². The number of benzene rings is 1. The van der Waals surface area contributed by atoms with Gasteiger partial charge in [-0.2, -0.15) is 0 Å². The second kappa shape index (κ2) is 6.51. The molecule has 2 fully saturated rings. The van der Waals surface area contributed by atoms with E-state index in [1.54, 1.807) is 11.1 Å². The summed E-state index contributed by atoms with van der Waals surface area (Å²) in [5.41, 5.74) is 8.17. The van der Waals surface area contributed by atoms with Crippen LogP contribution in [-0.2, 0) is 0 Å². The zero-order chi connectivity index (χ0) is 20.3. The van der Waals surface area contributed by atoms with Gasteiger partial charge in [0.25, 0.3) is 0 Å². The number of hydrogen-bond acceptors (Lipinski definition) is 4. The smallest absolute Gasteiger partial charge is 0.408 e. The minimum atomic E-state index is -0.798. The molecule has 28 heavy (non-hydrogen) atoms. The predicted molar refractivity (Wildman–Crippen MR) is 116 cm³/mol. The molecule has 150 valence electrons. The Balaban J connectivity index is 1.72. The van der Waals surface area contributed by atoms with Crippen molar-refractivity contribution in [1.82, 2.24) is 9.88 Å². The maximum absolute atomic E-state index is 12.1. The molecule has 0 spiro atoms. The lowest BCUT2D eigenvalue weighted by molar-refractivity contribution is -0.0174. The van der Waals surface area contributed by atoms with E-state index in [0.717, 1.165) is 46.7 Å². The topological polar surface area (TPSA) is 91.5 Å². The Labute approximate surface area is 173 Å². The van der Waals surface area contributed by atoms with Gasteiger partial charge in [-0.1, -0.05) is 36.7 Å². The summed E-state index contributed by atoms with van der Waals surface area (Å²) >= 11 is 3.54. The van der Waals surface area contributed by atoms with Gasteiger partial charge in [0.05, 0.1) is 28.6 Å². The van der Waals surface area contributed by atoms with Crippen molar-refractivity contribution >= 4 is 44.3 Å². The number of fused-ring (bicyclic) bond motifs is 3. The highest BCUT2D eigenvalue weighted by Crippen LogP contribution is 2.53. The van der Waals surface area contributed by atoms with Gasteiger partial charge >= 0.3 is 6.09 Å². The Morgan fingerprint density at radius 1 is 1.43 bits per heavy atom. The van der Waals surface area contributed by atoms with E-state index in [2.05, 4.69) is 47.0 Å². The van der Waals surface area contributed by atoms with Gasteiger partial charge in [0, 0.05) is 21.9 Å². The van der Waals surface area contributed by atoms with E-state index in [1.165, 1.54) is 0 Å². The van der Waals surface area contributed by atoms with Crippen LogP contribution in [0, 0.1) is 5.41 Å². The largest absolute Gasteiger partial charge is 0.465 e. The highest BCUT2D eigenvalue weighted by molar-refractivity contribution is 9.10. The third-order valence-corrected chi connectivity index (χ3v) is 7.16. The molecule has 1 aromatic heterocycles. The zero-order valence-corrected chi connectivity index (χ0v) is 18.1. The first-order valence-electron chi connectivity index (χ1n) is 9.75. The van der Waals surface area contributed by atoms with Crippen LogP contribution in [-0.4, -0.2) is 38.7 Å². The number of carboxylic acid groups (broad SMARTS) is 1. The molecule has 0 radical (unpaired) electrons. The van der Waals surface area contributed by atoms with Crippen LogP contribution in [0.1, 0.15) is 46.5 Å². The number of nitrogens with zero attached hydrogens (tertiary/aromatic N) is 2. The van der Waals surface area contributed by atoms with Gasteiger partial charge in [-0.25, -0.2) is 4.79 Å². The minimum Gasteiger partial charge on any atom is -0.465 e. The van der Waals surface area contributed by atoms with Crippen molar-refractivity contribution in [1.29, 1.82) is 0 Å². The highest BCUT2D eigenvalue weighted by atomic mass is 79.9. The summed E-state index contributed by atoms with van der Waals surface area (Å²) in [4.78, 5) is 18.3. The Hall–Kier alpha value is -2.02. The van der Waals surface area contributed by atoms with Crippen LogP contribution < -0.4 is 11.1 Å². The number of nitrogen functional groups attached to an aromatic ring is 1. The van der Waals surface area contributed by atoms with Crippen molar-refractivity contribution in [2.45, 2.75) is 64.1 Å². The summed E-state index contributed by atoms with van der Waals surface area (Å²) in [5.74, 6) is 0. The number of hydrogen-bond donors (Lipinski definition) is 3. The quantitative estimate of drug-likeness (QED) is 0.597. The lowest BCUT2D eigenvalue weighted by Crippen LogP contribution is -2.63. The molecule has 4 rings (SSSR count). The molecule has 3 unspecified atom stereocenters. The van der Waals surface area contributed by atoms with E-state index < -0.39 is 6.09 Å². The van der Waals surface area contributed by atoms with Gasteiger partial charge in [0.15, 0.2) is 0 Å². The second-order valence-corrected chi connectivity index (χ2v) is 10.1. The first-order valence-corrected chi connectivity index (χ1v) is 10.5. The molecule has 3 heterocycles. The van der Waals surface area contributed by atoms with Gasteiger partial charge in [-0.15, -0.1) is 0 Å². The normalized spacial score (nSPS) is 27.2. The average molecular weight is 447 g/mol. The number of aromatic nitrogens is 1. The van der Waals surface area contributed by atoms with E-state index in [-0.39, 0.29) is 23.0 Å². The summed E-state index contributed by atoms with van der Waals surface area (Å²) < 4.78 is 0.974. The monoisotopic (exact) mass is 446 g/mol. The van der Waals surface area contributed by atoms with E-state index in [1.807, 2.05) is 18.2 Å².